The highest BCUT2D eigenvalue weighted by atomic mass is 16.7. The minimum atomic E-state index is 0.00896. The standard InChI is InChI=1S/C16H20O2/c1-3-9-15(10-4-1)11-5-2-7-13-17-16-12-6-8-14-18-16/h1,3-4,9-10,16H,6-8,11-14H2. The topological polar surface area (TPSA) is 18.5 Å². The van der Waals surface area contributed by atoms with Gasteiger partial charge < -0.3 is 9.47 Å². The van der Waals surface area contributed by atoms with Crippen molar-refractivity contribution in [2.75, 3.05) is 13.2 Å². The zero-order valence-corrected chi connectivity index (χ0v) is 10.7. The first-order valence-electron chi connectivity index (χ1n) is 6.68. The number of rotatable bonds is 4. The molecule has 0 amide bonds. The summed E-state index contributed by atoms with van der Waals surface area (Å²) in [6.45, 7) is 1.51. The molecule has 1 fully saturated rings. The highest BCUT2D eigenvalue weighted by molar-refractivity contribution is 5.20. The second kappa shape index (κ2) is 7.92. The van der Waals surface area contributed by atoms with Crippen LogP contribution in [0.5, 0.6) is 0 Å². The van der Waals surface area contributed by atoms with E-state index in [1.54, 1.807) is 0 Å². The van der Waals surface area contributed by atoms with Crippen LogP contribution in [-0.2, 0) is 15.9 Å². The molecule has 1 aromatic carbocycles. The molecule has 2 nitrogen and oxygen atoms in total. The van der Waals surface area contributed by atoms with E-state index in [9.17, 15) is 0 Å². The van der Waals surface area contributed by atoms with E-state index in [0.717, 1.165) is 32.3 Å². The Hall–Kier alpha value is -1.30. The molecule has 1 aliphatic rings. The molecule has 1 heterocycles. The monoisotopic (exact) mass is 244 g/mol. The lowest BCUT2D eigenvalue weighted by atomic mass is 10.1. The summed E-state index contributed by atoms with van der Waals surface area (Å²) < 4.78 is 11.1. The van der Waals surface area contributed by atoms with Crippen LogP contribution in [0.4, 0.5) is 0 Å². The van der Waals surface area contributed by atoms with Gasteiger partial charge in [-0.05, 0) is 24.8 Å². The van der Waals surface area contributed by atoms with Crippen LogP contribution in [-0.4, -0.2) is 19.5 Å². The van der Waals surface area contributed by atoms with Crippen LogP contribution < -0.4 is 0 Å². The van der Waals surface area contributed by atoms with Crippen molar-refractivity contribution in [3.63, 3.8) is 0 Å². The van der Waals surface area contributed by atoms with Crippen molar-refractivity contribution in [1.29, 1.82) is 0 Å². The van der Waals surface area contributed by atoms with Crippen molar-refractivity contribution in [3.8, 4) is 11.8 Å². The Morgan fingerprint density at radius 3 is 2.83 bits per heavy atom. The summed E-state index contributed by atoms with van der Waals surface area (Å²) in [5, 5.41) is 0. The van der Waals surface area contributed by atoms with Crippen molar-refractivity contribution in [2.45, 2.75) is 38.4 Å². The number of benzene rings is 1. The molecule has 1 aromatic rings. The van der Waals surface area contributed by atoms with Gasteiger partial charge in [0.1, 0.15) is 0 Å². The fourth-order valence-corrected chi connectivity index (χ4v) is 1.93. The van der Waals surface area contributed by atoms with Gasteiger partial charge in [-0.15, -0.1) is 5.92 Å². The first-order chi connectivity index (χ1) is 8.95. The molecule has 2 rings (SSSR count). The first-order valence-corrected chi connectivity index (χ1v) is 6.68. The van der Waals surface area contributed by atoms with Crippen LogP contribution in [0.2, 0.25) is 0 Å². The Balaban J connectivity index is 1.58. The van der Waals surface area contributed by atoms with Gasteiger partial charge in [0.15, 0.2) is 6.29 Å². The second-order valence-electron chi connectivity index (χ2n) is 4.43. The summed E-state index contributed by atoms with van der Waals surface area (Å²) >= 11 is 0. The lowest BCUT2D eigenvalue weighted by Gasteiger charge is -2.22. The Bertz CT molecular complexity index is 383. The van der Waals surface area contributed by atoms with Crippen molar-refractivity contribution in [1.82, 2.24) is 0 Å². The van der Waals surface area contributed by atoms with Gasteiger partial charge in [-0.2, -0.15) is 0 Å². The predicted molar refractivity (Wildman–Crippen MR) is 72.1 cm³/mol. The summed E-state index contributed by atoms with van der Waals surface area (Å²) in [6, 6.07) is 10.3. The third-order valence-electron chi connectivity index (χ3n) is 2.93. The van der Waals surface area contributed by atoms with Crippen LogP contribution in [0.1, 0.15) is 31.2 Å². The maximum atomic E-state index is 5.61. The lowest BCUT2D eigenvalue weighted by molar-refractivity contribution is -0.161. The van der Waals surface area contributed by atoms with Crippen molar-refractivity contribution in [2.24, 2.45) is 0 Å². The molecular weight excluding hydrogens is 224 g/mol. The maximum Gasteiger partial charge on any atom is 0.157 e. The average Bonchev–Trinajstić information content (AvgIpc) is 2.45. The summed E-state index contributed by atoms with van der Waals surface area (Å²) in [7, 11) is 0. The van der Waals surface area contributed by atoms with E-state index in [-0.39, 0.29) is 6.29 Å². The van der Waals surface area contributed by atoms with Crippen LogP contribution in [0.25, 0.3) is 0 Å². The minimum Gasteiger partial charge on any atom is -0.353 e. The molecule has 18 heavy (non-hydrogen) atoms. The zero-order chi connectivity index (χ0) is 12.5. The van der Waals surface area contributed by atoms with Gasteiger partial charge in [0.05, 0.1) is 6.61 Å². The second-order valence-corrected chi connectivity index (χ2v) is 4.43. The van der Waals surface area contributed by atoms with E-state index in [4.69, 9.17) is 9.47 Å². The largest absolute Gasteiger partial charge is 0.353 e. The molecule has 0 aromatic heterocycles. The molecule has 0 spiro atoms. The molecule has 0 saturated carbocycles. The molecule has 1 aliphatic heterocycles. The normalized spacial score (nSPS) is 19.0. The molecule has 0 radical (unpaired) electrons. The van der Waals surface area contributed by atoms with E-state index in [2.05, 4.69) is 24.0 Å². The fraction of sp³-hybridized carbons (Fsp3) is 0.500. The smallest absolute Gasteiger partial charge is 0.157 e. The van der Waals surface area contributed by atoms with E-state index in [0.29, 0.717) is 6.61 Å². The van der Waals surface area contributed by atoms with Crippen LogP contribution in [0, 0.1) is 11.8 Å². The van der Waals surface area contributed by atoms with Gasteiger partial charge in [0.25, 0.3) is 0 Å². The fourth-order valence-electron chi connectivity index (χ4n) is 1.93. The van der Waals surface area contributed by atoms with Gasteiger partial charge in [0, 0.05) is 19.4 Å². The third kappa shape index (κ3) is 4.91. The lowest BCUT2D eigenvalue weighted by Crippen LogP contribution is -2.22. The molecule has 1 unspecified atom stereocenters. The number of hydrogen-bond donors (Lipinski definition) is 0. The molecule has 96 valence electrons. The van der Waals surface area contributed by atoms with Crippen molar-refractivity contribution < 1.29 is 9.47 Å². The predicted octanol–water partition coefficient (Wildman–Crippen LogP) is 3.17. The molecule has 2 heteroatoms. The SMILES string of the molecule is C(#CCc1ccccc1)CCOC1CCCCO1. The van der Waals surface area contributed by atoms with Gasteiger partial charge in [-0.1, -0.05) is 36.3 Å². The van der Waals surface area contributed by atoms with E-state index < -0.39 is 0 Å². The molecular formula is C16H20O2. The molecule has 0 aliphatic carbocycles. The van der Waals surface area contributed by atoms with Gasteiger partial charge in [0.2, 0.25) is 0 Å². The highest BCUT2D eigenvalue weighted by Crippen LogP contribution is 2.13. The summed E-state index contributed by atoms with van der Waals surface area (Å²) in [4.78, 5) is 0. The zero-order valence-electron chi connectivity index (χ0n) is 10.7. The molecule has 0 N–H and O–H groups in total. The minimum absolute atomic E-state index is 0.00896. The molecule has 1 atom stereocenters. The first kappa shape index (κ1) is 13.1. The molecule has 0 bridgehead atoms. The summed E-state index contributed by atoms with van der Waals surface area (Å²) in [5.74, 6) is 6.31. The number of ether oxygens (including phenoxy) is 2. The van der Waals surface area contributed by atoms with Crippen LogP contribution in [0.3, 0.4) is 0 Å². The Morgan fingerprint density at radius 2 is 2.06 bits per heavy atom. The Morgan fingerprint density at radius 1 is 1.17 bits per heavy atom. The maximum absolute atomic E-state index is 5.61. The Kier molecular flexibility index (Phi) is 5.78. The van der Waals surface area contributed by atoms with Gasteiger partial charge in [-0.3, -0.25) is 0 Å². The van der Waals surface area contributed by atoms with Gasteiger partial charge >= 0.3 is 0 Å². The van der Waals surface area contributed by atoms with Crippen LogP contribution in [0.15, 0.2) is 30.3 Å². The van der Waals surface area contributed by atoms with E-state index in [1.165, 1.54) is 12.0 Å². The average molecular weight is 244 g/mol. The highest BCUT2D eigenvalue weighted by Gasteiger charge is 2.12. The van der Waals surface area contributed by atoms with Crippen molar-refractivity contribution in [3.05, 3.63) is 35.9 Å². The summed E-state index contributed by atoms with van der Waals surface area (Å²) in [5.41, 5.74) is 1.27. The van der Waals surface area contributed by atoms with Gasteiger partial charge in [-0.25, -0.2) is 0 Å². The third-order valence-corrected chi connectivity index (χ3v) is 2.93. The summed E-state index contributed by atoms with van der Waals surface area (Å²) in [6.07, 6.45) is 5.01. The van der Waals surface area contributed by atoms with E-state index >= 15 is 0 Å². The Labute approximate surface area is 109 Å². The van der Waals surface area contributed by atoms with Crippen LogP contribution >= 0.6 is 0 Å². The van der Waals surface area contributed by atoms with Crippen molar-refractivity contribution >= 4 is 0 Å². The number of hydrogen-bond acceptors (Lipinski definition) is 2. The quantitative estimate of drug-likeness (QED) is 0.598. The van der Waals surface area contributed by atoms with E-state index in [1.807, 2.05) is 18.2 Å². The molecule has 1 saturated heterocycles.